The molecule has 0 atom stereocenters. The molecule has 2 aromatic rings. The van der Waals surface area contributed by atoms with E-state index < -0.39 is 0 Å². The van der Waals surface area contributed by atoms with Crippen LogP contribution in [0.3, 0.4) is 0 Å². The lowest BCUT2D eigenvalue weighted by atomic mass is 9.96. The lowest BCUT2D eigenvalue weighted by Crippen LogP contribution is -2.07. The summed E-state index contributed by atoms with van der Waals surface area (Å²) >= 11 is 0. The van der Waals surface area contributed by atoms with Gasteiger partial charge in [0.25, 0.3) is 0 Å². The molecule has 3 heteroatoms. The Balaban J connectivity index is 2.11. The Hall–Kier alpha value is -1.90. The first kappa shape index (κ1) is 12.6. The number of aromatic nitrogens is 2. The largest absolute Gasteiger partial charge is 0.294 e. The van der Waals surface area contributed by atoms with Crippen LogP contribution in [0.2, 0.25) is 0 Å². The number of aryl methyl sites for hydroxylation is 4. The average Bonchev–Trinajstić information content (AvgIpc) is 2.72. The highest BCUT2D eigenvalue weighted by Gasteiger charge is 2.12. The van der Waals surface area contributed by atoms with Gasteiger partial charge in [0.1, 0.15) is 0 Å². The minimum atomic E-state index is 0.215. The van der Waals surface area contributed by atoms with Crippen molar-refractivity contribution in [3.63, 3.8) is 0 Å². The van der Waals surface area contributed by atoms with Crippen LogP contribution in [-0.2, 0) is 13.5 Å². The Morgan fingerprint density at radius 2 is 1.89 bits per heavy atom. The second kappa shape index (κ2) is 5.17. The first-order chi connectivity index (χ1) is 8.59. The molecule has 0 unspecified atom stereocenters. The molecule has 1 aromatic carbocycles. The van der Waals surface area contributed by atoms with Gasteiger partial charge >= 0.3 is 0 Å². The molecule has 0 amide bonds. The fourth-order valence-corrected chi connectivity index (χ4v) is 2.27. The molecule has 0 spiro atoms. The van der Waals surface area contributed by atoms with Gasteiger partial charge in [-0.15, -0.1) is 0 Å². The monoisotopic (exact) mass is 242 g/mol. The average molecular weight is 242 g/mol. The molecule has 0 saturated heterocycles. The number of carbonyl (C=O) groups is 1. The molecule has 0 fully saturated rings. The highest BCUT2D eigenvalue weighted by molar-refractivity contribution is 5.98. The summed E-state index contributed by atoms with van der Waals surface area (Å²) < 4.78 is 1.82. The molecule has 2 rings (SSSR count). The van der Waals surface area contributed by atoms with Crippen LogP contribution in [0, 0.1) is 13.8 Å². The summed E-state index contributed by atoms with van der Waals surface area (Å²) in [4.78, 5) is 12.3. The van der Waals surface area contributed by atoms with Crippen LogP contribution in [0.4, 0.5) is 0 Å². The molecule has 0 N–H and O–H groups in total. The van der Waals surface area contributed by atoms with E-state index >= 15 is 0 Å². The smallest absolute Gasteiger partial charge is 0.163 e. The Labute approximate surface area is 107 Å². The van der Waals surface area contributed by atoms with Gasteiger partial charge in [-0.2, -0.15) is 5.10 Å². The van der Waals surface area contributed by atoms with Crippen LogP contribution in [0.5, 0.6) is 0 Å². The lowest BCUT2D eigenvalue weighted by Gasteiger charge is -2.08. The molecule has 0 saturated carbocycles. The summed E-state index contributed by atoms with van der Waals surface area (Å²) in [5, 5.41) is 4.11. The topological polar surface area (TPSA) is 34.9 Å². The number of hydrogen-bond acceptors (Lipinski definition) is 2. The summed E-state index contributed by atoms with van der Waals surface area (Å²) in [5.74, 6) is 0.215. The maximum atomic E-state index is 12.3. The van der Waals surface area contributed by atoms with E-state index in [0.717, 1.165) is 28.8 Å². The minimum Gasteiger partial charge on any atom is -0.294 e. The third-order valence-corrected chi connectivity index (χ3v) is 3.29. The van der Waals surface area contributed by atoms with Gasteiger partial charge in [-0.05, 0) is 37.5 Å². The van der Waals surface area contributed by atoms with Crippen molar-refractivity contribution >= 4 is 5.78 Å². The number of hydrogen-bond donors (Lipinski definition) is 0. The van der Waals surface area contributed by atoms with Crippen molar-refractivity contribution in [1.82, 2.24) is 9.78 Å². The number of carbonyl (C=O) groups excluding carboxylic acids is 1. The first-order valence-electron chi connectivity index (χ1n) is 6.16. The Morgan fingerprint density at radius 3 is 2.44 bits per heavy atom. The summed E-state index contributed by atoms with van der Waals surface area (Å²) in [6.07, 6.45) is 3.03. The summed E-state index contributed by atoms with van der Waals surface area (Å²) in [7, 11) is 1.90. The van der Waals surface area contributed by atoms with E-state index in [4.69, 9.17) is 0 Å². The van der Waals surface area contributed by atoms with Gasteiger partial charge in [-0.3, -0.25) is 9.48 Å². The Bertz CT molecular complexity index is 549. The second-order valence-electron chi connectivity index (χ2n) is 4.64. The Kier molecular flexibility index (Phi) is 3.60. The molecule has 1 aromatic heterocycles. The maximum absolute atomic E-state index is 12.3. The molecular formula is C15H18N2O. The van der Waals surface area contributed by atoms with E-state index in [2.05, 4.69) is 5.10 Å². The summed E-state index contributed by atoms with van der Waals surface area (Å²) in [6.45, 7) is 3.98. The predicted octanol–water partition coefficient (Wildman–Crippen LogP) is 2.85. The standard InChI is InChI=1S/C15H18N2O/c1-11-5-4-6-12(2)15(11)14(18)8-7-13-9-10-16-17(13)3/h4-6,9-10H,7-8H2,1-3H3. The molecule has 0 radical (unpaired) electrons. The third kappa shape index (κ3) is 2.50. The molecule has 0 aliphatic carbocycles. The Morgan fingerprint density at radius 1 is 1.22 bits per heavy atom. The van der Waals surface area contributed by atoms with Crippen molar-refractivity contribution in [3.05, 3.63) is 52.8 Å². The molecule has 0 bridgehead atoms. The van der Waals surface area contributed by atoms with E-state index in [9.17, 15) is 4.79 Å². The second-order valence-corrected chi connectivity index (χ2v) is 4.64. The van der Waals surface area contributed by atoms with Crippen molar-refractivity contribution in [3.8, 4) is 0 Å². The number of Topliss-reactive ketones (excluding diaryl/α,β-unsaturated/α-hetero) is 1. The summed E-state index contributed by atoms with van der Waals surface area (Å²) in [6, 6.07) is 7.93. The number of benzene rings is 1. The van der Waals surface area contributed by atoms with Crippen LogP contribution in [0.25, 0.3) is 0 Å². The zero-order chi connectivity index (χ0) is 13.1. The SMILES string of the molecule is Cc1cccc(C)c1C(=O)CCc1ccnn1C. The van der Waals surface area contributed by atoms with E-state index in [-0.39, 0.29) is 5.78 Å². The number of ketones is 1. The maximum Gasteiger partial charge on any atom is 0.163 e. The van der Waals surface area contributed by atoms with Gasteiger partial charge in [-0.25, -0.2) is 0 Å². The van der Waals surface area contributed by atoms with Crippen molar-refractivity contribution in [1.29, 1.82) is 0 Å². The van der Waals surface area contributed by atoms with Crippen molar-refractivity contribution in [2.24, 2.45) is 7.05 Å². The molecule has 18 heavy (non-hydrogen) atoms. The van der Waals surface area contributed by atoms with Gasteiger partial charge < -0.3 is 0 Å². The van der Waals surface area contributed by atoms with Crippen molar-refractivity contribution < 1.29 is 4.79 Å². The quantitative estimate of drug-likeness (QED) is 0.773. The van der Waals surface area contributed by atoms with Gasteiger partial charge in [0.2, 0.25) is 0 Å². The van der Waals surface area contributed by atoms with Crippen molar-refractivity contribution in [2.45, 2.75) is 26.7 Å². The fraction of sp³-hybridized carbons (Fsp3) is 0.333. The zero-order valence-electron chi connectivity index (χ0n) is 11.1. The van der Waals surface area contributed by atoms with Crippen LogP contribution in [-0.4, -0.2) is 15.6 Å². The lowest BCUT2D eigenvalue weighted by molar-refractivity contribution is 0.0981. The molecule has 94 valence electrons. The molecule has 0 aliphatic heterocycles. The van der Waals surface area contributed by atoms with Gasteiger partial charge in [-0.1, -0.05) is 18.2 Å². The highest BCUT2D eigenvalue weighted by atomic mass is 16.1. The number of rotatable bonds is 4. The van der Waals surface area contributed by atoms with Crippen LogP contribution in [0.15, 0.2) is 30.5 Å². The van der Waals surface area contributed by atoms with Crippen molar-refractivity contribution in [2.75, 3.05) is 0 Å². The van der Waals surface area contributed by atoms with Crippen LogP contribution < -0.4 is 0 Å². The first-order valence-corrected chi connectivity index (χ1v) is 6.16. The molecular weight excluding hydrogens is 224 g/mol. The molecule has 0 aliphatic rings. The van der Waals surface area contributed by atoms with Crippen LogP contribution in [0.1, 0.15) is 33.6 Å². The van der Waals surface area contributed by atoms with Crippen LogP contribution >= 0.6 is 0 Å². The molecule has 1 heterocycles. The number of nitrogens with zero attached hydrogens (tertiary/aromatic N) is 2. The summed E-state index contributed by atoms with van der Waals surface area (Å²) in [5.41, 5.74) is 4.09. The predicted molar refractivity (Wildman–Crippen MR) is 71.8 cm³/mol. The van der Waals surface area contributed by atoms with Gasteiger partial charge in [0, 0.05) is 30.9 Å². The van der Waals surface area contributed by atoms with Gasteiger partial charge in [0.15, 0.2) is 5.78 Å². The zero-order valence-corrected chi connectivity index (χ0v) is 11.1. The fourth-order valence-electron chi connectivity index (χ4n) is 2.27. The third-order valence-electron chi connectivity index (χ3n) is 3.29. The van der Waals surface area contributed by atoms with E-state index in [1.165, 1.54) is 0 Å². The molecule has 3 nitrogen and oxygen atoms in total. The normalized spacial score (nSPS) is 10.6. The highest BCUT2D eigenvalue weighted by Crippen LogP contribution is 2.16. The van der Waals surface area contributed by atoms with Gasteiger partial charge in [0.05, 0.1) is 0 Å². The van der Waals surface area contributed by atoms with E-state index in [1.807, 2.05) is 49.8 Å². The van der Waals surface area contributed by atoms with E-state index in [1.54, 1.807) is 6.20 Å². The minimum absolute atomic E-state index is 0.215. The van der Waals surface area contributed by atoms with E-state index in [0.29, 0.717) is 6.42 Å².